The van der Waals surface area contributed by atoms with E-state index in [1.165, 1.54) is 0 Å². The van der Waals surface area contributed by atoms with E-state index in [9.17, 15) is 14.4 Å². The summed E-state index contributed by atoms with van der Waals surface area (Å²) in [5.74, 6) is 0.498. The van der Waals surface area contributed by atoms with Gasteiger partial charge in [-0.3, -0.25) is 19.7 Å². The van der Waals surface area contributed by atoms with Crippen LogP contribution in [-0.2, 0) is 4.79 Å². The minimum absolute atomic E-state index is 0.0222. The molecule has 3 aliphatic carbocycles. The fraction of sp³-hybridized carbons (Fsp3) is 0.526. The number of carbonyl (C=O) groups is 3. The quantitative estimate of drug-likeness (QED) is 0.748. The van der Waals surface area contributed by atoms with E-state index in [0.717, 1.165) is 25.7 Å². The largest absolute Gasteiger partial charge is 0.300 e. The Bertz CT molecular complexity index is 759. The molecule has 5 heteroatoms. The van der Waals surface area contributed by atoms with Gasteiger partial charge in [-0.25, -0.2) is 0 Å². The van der Waals surface area contributed by atoms with Crippen molar-refractivity contribution in [2.45, 2.75) is 49.9 Å². The third-order valence-corrected chi connectivity index (χ3v) is 6.40. The first-order valence-corrected chi connectivity index (χ1v) is 8.90. The van der Waals surface area contributed by atoms with Crippen LogP contribution in [0.5, 0.6) is 0 Å². The zero-order valence-electron chi connectivity index (χ0n) is 13.3. The predicted molar refractivity (Wildman–Crippen MR) is 87.0 cm³/mol. The van der Waals surface area contributed by atoms with E-state index in [2.05, 4.69) is 10.6 Å². The summed E-state index contributed by atoms with van der Waals surface area (Å²) < 4.78 is 0. The summed E-state index contributed by atoms with van der Waals surface area (Å²) in [6.45, 7) is 0. The Labute approximate surface area is 140 Å². The second-order valence-corrected chi connectivity index (χ2v) is 7.52. The molecule has 4 aliphatic rings. The fourth-order valence-electron chi connectivity index (χ4n) is 5.30. The molecule has 24 heavy (non-hydrogen) atoms. The molecule has 0 spiro atoms. The van der Waals surface area contributed by atoms with Gasteiger partial charge in [0.1, 0.15) is 0 Å². The lowest BCUT2D eigenvalue weighted by Gasteiger charge is -2.43. The van der Waals surface area contributed by atoms with E-state index in [4.69, 9.17) is 0 Å². The molecule has 1 aromatic carbocycles. The van der Waals surface area contributed by atoms with Crippen molar-refractivity contribution in [3.63, 3.8) is 0 Å². The molecule has 2 N–H and O–H groups in total. The number of ketones is 3. The molecule has 0 amide bonds. The summed E-state index contributed by atoms with van der Waals surface area (Å²) in [6, 6.07) is 5.46. The number of Topliss-reactive ketones (excluding diaryl/α,β-unsaturated/α-hetero) is 3. The van der Waals surface area contributed by atoms with Gasteiger partial charge in [-0.1, -0.05) is 37.1 Å². The van der Waals surface area contributed by atoms with E-state index in [0.29, 0.717) is 17.0 Å². The summed E-state index contributed by atoms with van der Waals surface area (Å²) >= 11 is 0. The Balaban J connectivity index is 1.54. The number of piperazine rings is 1. The zero-order valence-corrected chi connectivity index (χ0v) is 13.3. The molecule has 0 aromatic heterocycles. The highest BCUT2D eigenvalue weighted by atomic mass is 16.2. The molecule has 0 bridgehead atoms. The number of rotatable bonds is 0. The van der Waals surface area contributed by atoms with Gasteiger partial charge in [0.2, 0.25) is 0 Å². The van der Waals surface area contributed by atoms with Gasteiger partial charge in [0.15, 0.2) is 17.3 Å². The van der Waals surface area contributed by atoms with Crippen molar-refractivity contribution < 1.29 is 14.4 Å². The minimum atomic E-state index is -0.627. The summed E-state index contributed by atoms with van der Waals surface area (Å²) in [4.78, 5) is 38.5. The van der Waals surface area contributed by atoms with Gasteiger partial charge in [-0.2, -0.15) is 0 Å². The Morgan fingerprint density at radius 3 is 2.12 bits per heavy atom. The lowest BCUT2D eigenvalue weighted by atomic mass is 9.77. The van der Waals surface area contributed by atoms with E-state index in [1.807, 2.05) is 0 Å². The molecule has 3 fully saturated rings. The molecule has 1 saturated heterocycles. The summed E-state index contributed by atoms with van der Waals surface area (Å²) in [5, 5.41) is 6.68. The molecule has 5 nitrogen and oxygen atoms in total. The van der Waals surface area contributed by atoms with Crippen LogP contribution in [0.25, 0.3) is 0 Å². The monoisotopic (exact) mass is 324 g/mol. The summed E-state index contributed by atoms with van der Waals surface area (Å²) in [5.41, 5.74) is 0.973. The van der Waals surface area contributed by atoms with E-state index >= 15 is 0 Å². The van der Waals surface area contributed by atoms with Crippen LogP contribution in [0, 0.1) is 11.8 Å². The first-order chi connectivity index (χ1) is 11.7. The standard InChI is InChI=1S/C19H20N2O3/c22-17-10-6-2-1-5-9(10)13-14(17)21-16-15(20-13)18(23)11-7-3-4-8-12(11)19(16)24/h3-4,7-10,13-16,20-21H,1-2,5-6H2. The van der Waals surface area contributed by atoms with Crippen molar-refractivity contribution in [2.75, 3.05) is 0 Å². The highest BCUT2D eigenvalue weighted by Crippen LogP contribution is 2.42. The van der Waals surface area contributed by atoms with Gasteiger partial charge in [0, 0.05) is 23.1 Å². The first kappa shape index (κ1) is 14.5. The third kappa shape index (κ3) is 1.80. The average molecular weight is 324 g/mol. The Morgan fingerprint density at radius 1 is 0.792 bits per heavy atom. The van der Waals surface area contributed by atoms with Gasteiger partial charge < -0.3 is 5.32 Å². The molecule has 2 saturated carbocycles. The highest BCUT2D eigenvalue weighted by Gasteiger charge is 2.57. The fourth-order valence-corrected chi connectivity index (χ4v) is 5.30. The topological polar surface area (TPSA) is 75.3 Å². The molecule has 6 unspecified atom stereocenters. The van der Waals surface area contributed by atoms with E-state index in [-0.39, 0.29) is 35.4 Å². The van der Waals surface area contributed by atoms with Gasteiger partial charge in [-0.05, 0) is 18.8 Å². The molecule has 6 atom stereocenters. The number of fused-ring (bicyclic) bond motifs is 5. The van der Waals surface area contributed by atoms with Crippen molar-refractivity contribution in [3.05, 3.63) is 35.4 Å². The predicted octanol–water partition coefficient (Wildman–Crippen LogP) is 1.12. The third-order valence-electron chi connectivity index (χ3n) is 6.40. The highest BCUT2D eigenvalue weighted by molar-refractivity contribution is 6.19. The maximum absolute atomic E-state index is 12.9. The molecule has 1 heterocycles. The lowest BCUT2D eigenvalue weighted by molar-refractivity contribution is -0.123. The van der Waals surface area contributed by atoms with E-state index < -0.39 is 12.1 Å². The SMILES string of the molecule is O=C1c2ccccc2C(=O)C2NC3C(NC12)C(=O)C1CCCCC13. The Morgan fingerprint density at radius 2 is 1.42 bits per heavy atom. The number of nitrogens with one attached hydrogen (secondary N) is 2. The molecular weight excluding hydrogens is 304 g/mol. The van der Waals surface area contributed by atoms with Crippen LogP contribution in [0.4, 0.5) is 0 Å². The second-order valence-electron chi connectivity index (χ2n) is 7.52. The average Bonchev–Trinajstić information content (AvgIpc) is 2.91. The summed E-state index contributed by atoms with van der Waals surface area (Å²) in [7, 11) is 0. The molecule has 5 rings (SSSR count). The normalized spacial score (nSPS) is 40.6. The molecule has 0 radical (unpaired) electrons. The number of carbonyl (C=O) groups excluding carboxylic acids is 3. The van der Waals surface area contributed by atoms with Crippen LogP contribution in [0.15, 0.2) is 24.3 Å². The maximum atomic E-state index is 12.9. The van der Waals surface area contributed by atoms with Crippen LogP contribution in [-0.4, -0.2) is 41.5 Å². The van der Waals surface area contributed by atoms with Gasteiger partial charge >= 0.3 is 0 Å². The second kappa shape index (κ2) is 5.07. The molecular formula is C19H20N2O3. The smallest absolute Gasteiger partial charge is 0.182 e. The minimum Gasteiger partial charge on any atom is -0.300 e. The van der Waals surface area contributed by atoms with Gasteiger partial charge in [-0.15, -0.1) is 0 Å². The van der Waals surface area contributed by atoms with Crippen molar-refractivity contribution in [2.24, 2.45) is 11.8 Å². The van der Waals surface area contributed by atoms with Crippen molar-refractivity contribution in [1.29, 1.82) is 0 Å². The first-order valence-electron chi connectivity index (χ1n) is 8.90. The lowest BCUT2D eigenvalue weighted by Crippen LogP contribution is -2.72. The number of benzene rings is 1. The number of hydrogen-bond donors (Lipinski definition) is 2. The van der Waals surface area contributed by atoms with E-state index in [1.54, 1.807) is 24.3 Å². The van der Waals surface area contributed by atoms with Crippen molar-refractivity contribution in [3.8, 4) is 0 Å². The molecule has 1 aromatic rings. The van der Waals surface area contributed by atoms with Crippen LogP contribution in [0.1, 0.15) is 46.4 Å². The van der Waals surface area contributed by atoms with Crippen molar-refractivity contribution >= 4 is 17.3 Å². The van der Waals surface area contributed by atoms with Crippen LogP contribution < -0.4 is 10.6 Å². The number of hydrogen-bond acceptors (Lipinski definition) is 5. The molecule has 124 valence electrons. The van der Waals surface area contributed by atoms with Gasteiger partial charge in [0.05, 0.1) is 18.1 Å². The molecule has 1 aliphatic heterocycles. The Kier molecular flexibility index (Phi) is 3.06. The maximum Gasteiger partial charge on any atom is 0.182 e. The van der Waals surface area contributed by atoms with Crippen LogP contribution in [0.2, 0.25) is 0 Å². The van der Waals surface area contributed by atoms with Crippen molar-refractivity contribution in [1.82, 2.24) is 10.6 Å². The van der Waals surface area contributed by atoms with Crippen LogP contribution >= 0.6 is 0 Å². The summed E-state index contributed by atoms with van der Waals surface area (Å²) in [6.07, 6.45) is 4.21. The Hall–Kier alpha value is -1.85. The van der Waals surface area contributed by atoms with Gasteiger partial charge in [0.25, 0.3) is 0 Å². The van der Waals surface area contributed by atoms with Crippen LogP contribution in [0.3, 0.4) is 0 Å². The zero-order chi connectivity index (χ0) is 16.4.